The van der Waals surface area contributed by atoms with Gasteiger partial charge in [-0.15, -0.1) is 0 Å². The third-order valence-electron chi connectivity index (χ3n) is 5.54. The van der Waals surface area contributed by atoms with Crippen LogP contribution in [0.1, 0.15) is 49.3 Å². The fourth-order valence-electron chi connectivity index (χ4n) is 3.74. The molecule has 0 aliphatic heterocycles. The summed E-state index contributed by atoms with van der Waals surface area (Å²) in [7, 11) is 0. The molecule has 0 heterocycles. The van der Waals surface area contributed by atoms with E-state index in [1.165, 1.54) is 18.4 Å². The molecule has 0 saturated heterocycles. The Labute approximate surface area is 167 Å². The van der Waals surface area contributed by atoms with Crippen LogP contribution in [0.25, 0.3) is 0 Å². The molecule has 1 unspecified atom stereocenters. The van der Waals surface area contributed by atoms with Crippen LogP contribution in [0.2, 0.25) is 0 Å². The first-order chi connectivity index (χ1) is 13.5. The molecule has 0 bridgehead atoms. The van der Waals surface area contributed by atoms with Gasteiger partial charge in [-0.1, -0.05) is 73.0 Å². The van der Waals surface area contributed by atoms with E-state index in [0.29, 0.717) is 13.0 Å². The number of nitrogens with one attached hydrogen (secondary N) is 1. The summed E-state index contributed by atoms with van der Waals surface area (Å²) in [6.07, 6.45) is 4.70. The van der Waals surface area contributed by atoms with Crippen molar-refractivity contribution in [3.05, 3.63) is 71.3 Å². The summed E-state index contributed by atoms with van der Waals surface area (Å²) in [6.45, 7) is 4.31. The standard InChI is InChI=1S/C24H30N2O2/c1-18-12-14-21(15-13-18)17-26(23(27)16-20-8-4-3-5-9-20)19(2)24(28)25-22-10-6-7-11-22/h3-5,8-9,12-15,19,22H,6-7,10-11,16-17H2,1-2H3,(H,25,28). The third-order valence-corrected chi connectivity index (χ3v) is 5.54. The van der Waals surface area contributed by atoms with Gasteiger partial charge < -0.3 is 10.2 Å². The lowest BCUT2D eigenvalue weighted by molar-refractivity contribution is -0.140. The Bertz CT molecular complexity index is 780. The van der Waals surface area contributed by atoms with Gasteiger partial charge in [-0.25, -0.2) is 0 Å². The molecule has 148 valence electrons. The predicted octanol–water partition coefficient (Wildman–Crippen LogP) is 4.01. The summed E-state index contributed by atoms with van der Waals surface area (Å²) in [5.74, 6) is -0.0822. The Morgan fingerprint density at radius 3 is 2.29 bits per heavy atom. The zero-order chi connectivity index (χ0) is 19.9. The van der Waals surface area contributed by atoms with Gasteiger partial charge in [0.2, 0.25) is 11.8 Å². The van der Waals surface area contributed by atoms with Crippen molar-refractivity contribution in [1.29, 1.82) is 0 Å². The second-order valence-corrected chi connectivity index (χ2v) is 7.84. The minimum absolute atomic E-state index is 0.0270. The van der Waals surface area contributed by atoms with Crippen molar-refractivity contribution in [3.8, 4) is 0 Å². The van der Waals surface area contributed by atoms with Gasteiger partial charge in [-0.05, 0) is 37.8 Å². The lowest BCUT2D eigenvalue weighted by Gasteiger charge is -2.30. The third kappa shape index (κ3) is 5.44. The maximum atomic E-state index is 13.1. The van der Waals surface area contributed by atoms with Crippen molar-refractivity contribution < 1.29 is 9.59 Å². The SMILES string of the molecule is Cc1ccc(CN(C(=O)Cc2ccccc2)C(C)C(=O)NC2CCCC2)cc1. The van der Waals surface area contributed by atoms with Crippen LogP contribution in [-0.4, -0.2) is 28.8 Å². The van der Waals surface area contributed by atoms with E-state index in [0.717, 1.165) is 24.0 Å². The van der Waals surface area contributed by atoms with Gasteiger partial charge >= 0.3 is 0 Å². The zero-order valence-electron chi connectivity index (χ0n) is 16.9. The van der Waals surface area contributed by atoms with Gasteiger partial charge in [-0.3, -0.25) is 9.59 Å². The molecular weight excluding hydrogens is 348 g/mol. The van der Waals surface area contributed by atoms with E-state index in [1.807, 2.05) is 68.4 Å². The topological polar surface area (TPSA) is 49.4 Å². The molecule has 2 aromatic rings. The van der Waals surface area contributed by atoms with Gasteiger partial charge in [-0.2, -0.15) is 0 Å². The first kappa shape index (κ1) is 20.1. The number of rotatable bonds is 7. The average molecular weight is 379 g/mol. The molecule has 0 spiro atoms. The molecule has 28 heavy (non-hydrogen) atoms. The Kier molecular flexibility index (Phi) is 6.85. The first-order valence-electron chi connectivity index (χ1n) is 10.2. The smallest absolute Gasteiger partial charge is 0.242 e. The number of benzene rings is 2. The number of amides is 2. The van der Waals surface area contributed by atoms with Crippen LogP contribution in [0.15, 0.2) is 54.6 Å². The van der Waals surface area contributed by atoms with Gasteiger partial charge in [0, 0.05) is 12.6 Å². The molecule has 3 rings (SSSR count). The fraction of sp³-hybridized carbons (Fsp3) is 0.417. The van der Waals surface area contributed by atoms with Crippen molar-refractivity contribution >= 4 is 11.8 Å². The van der Waals surface area contributed by atoms with E-state index in [9.17, 15) is 9.59 Å². The summed E-state index contributed by atoms with van der Waals surface area (Å²) in [5, 5.41) is 3.14. The largest absolute Gasteiger partial charge is 0.352 e. The highest BCUT2D eigenvalue weighted by Gasteiger charge is 2.28. The molecule has 1 aliphatic rings. The van der Waals surface area contributed by atoms with E-state index in [4.69, 9.17) is 0 Å². The summed E-state index contributed by atoms with van der Waals surface area (Å²) in [4.78, 5) is 27.7. The van der Waals surface area contributed by atoms with Crippen LogP contribution < -0.4 is 5.32 Å². The predicted molar refractivity (Wildman–Crippen MR) is 112 cm³/mol. The van der Waals surface area contributed by atoms with Gasteiger partial charge in [0.15, 0.2) is 0 Å². The van der Waals surface area contributed by atoms with E-state index < -0.39 is 6.04 Å². The lowest BCUT2D eigenvalue weighted by atomic mass is 10.1. The van der Waals surface area contributed by atoms with Crippen LogP contribution in [0.5, 0.6) is 0 Å². The van der Waals surface area contributed by atoms with E-state index in [-0.39, 0.29) is 17.9 Å². The van der Waals surface area contributed by atoms with Crippen LogP contribution in [-0.2, 0) is 22.6 Å². The maximum Gasteiger partial charge on any atom is 0.242 e. The highest BCUT2D eigenvalue weighted by molar-refractivity contribution is 5.88. The molecule has 1 fully saturated rings. The molecular formula is C24H30N2O2. The van der Waals surface area contributed by atoms with E-state index in [2.05, 4.69) is 5.32 Å². The lowest BCUT2D eigenvalue weighted by Crippen LogP contribution is -2.50. The Balaban J connectivity index is 1.74. The second-order valence-electron chi connectivity index (χ2n) is 7.84. The second kappa shape index (κ2) is 9.54. The number of hydrogen-bond acceptors (Lipinski definition) is 2. The van der Waals surface area contributed by atoms with E-state index >= 15 is 0 Å². The molecule has 4 nitrogen and oxygen atoms in total. The number of aryl methyl sites for hydroxylation is 1. The number of hydrogen-bond donors (Lipinski definition) is 1. The Morgan fingerprint density at radius 1 is 1.00 bits per heavy atom. The van der Waals surface area contributed by atoms with Crippen molar-refractivity contribution in [2.45, 2.75) is 64.6 Å². The van der Waals surface area contributed by atoms with Crippen molar-refractivity contribution in [2.75, 3.05) is 0 Å². The number of carbonyl (C=O) groups excluding carboxylic acids is 2. The Hall–Kier alpha value is -2.62. The molecule has 2 aromatic carbocycles. The van der Waals surface area contributed by atoms with Crippen LogP contribution >= 0.6 is 0 Å². The summed E-state index contributed by atoms with van der Waals surface area (Å²) < 4.78 is 0. The number of nitrogens with zero attached hydrogens (tertiary/aromatic N) is 1. The fourth-order valence-corrected chi connectivity index (χ4v) is 3.74. The summed E-state index contributed by atoms with van der Waals surface area (Å²) in [6, 6.07) is 17.6. The zero-order valence-corrected chi connectivity index (χ0v) is 16.9. The molecule has 1 atom stereocenters. The summed E-state index contributed by atoms with van der Waals surface area (Å²) in [5.41, 5.74) is 3.18. The highest BCUT2D eigenvalue weighted by Crippen LogP contribution is 2.19. The molecule has 0 radical (unpaired) electrons. The van der Waals surface area contributed by atoms with Gasteiger partial charge in [0.1, 0.15) is 6.04 Å². The minimum Gasteiger partial charge on any atom is -0.352 e. The molecule has 1 N–H and O–H groups in total. The average Bonchev–Trinajstić information content (AvgIpc) is 3.20. The van der Waals surface area contributed by atoms with Gasteiger partial charge in [0.05, 0.1) is 6.42 Å². The molecule has 2 amide bonds. The quantitative estimate of drug-likeness (QED) is 0.791. The number of carbonyl (C=O) groups is 2. The van der Waals surface area contributed by atoms with Crippen LogP contribution in [0.4, 0.5) is 0 Å². The van der Waals surface area contributed by atoms with Crippen molar-refractivity contribution in [2.24, 2.45) is 0 Å². The molecule has 0 aromatic heterocycles. The molecule has 1 saturated carbocycles. The monoisotopic (exact) mass is 378 g/mol. The highest BCUT2D eigenvalue weighted by atomic mass is 16.2. The molecule has 1 aliphatic carbocycles. The van der Waals surface area contributed by atoms with Crippen molar-refractivity contribution in [3.63, 3.8) is 0 Å². The van der Waals surface area contributed by atoms with Crippen molar-refractivity contribution in [1.82, 2.24) is 10.2 Å². The Morgan fingerprint density at radius 2 is 1.64 bits per heavy atom. The van der Waals surface area contributed by atoms with Gasteiger partial charge in [0.25, 0.3) is 0 Å². The summed E-state index contributed by atoms with van der Waals surface area (Å²) >= 11 is 0. The minimum atomic E-state index is -0.502. The van der Waals surface area contributed by atoms with Crippen LogP contribution in [0, 0.1) is 6.92 Å². The normalized spacial score (nSPS) is 15.2. The van der Waals surface area contributed by atoms with Crippen LogP contribution in [0.3, 0.4) is 0 Å². The van der Waals surface area contributed by atoms with E-state index in [1.54, 1.807) is 4.90 Å². The maximum absolute atomic E-state index is 13.1. The first-order valence-corrected chi connectivity index (χ1v) is 10.2. The molecule has 4 heteroatoms.